The molecule has 0 aliphatic carbocycles. The minimum atomic E-state index is -4.19. The van der Waals surface area contributed by atoms with Crippen molar-refractivity contribution in [3.63, 3.8) is 0 Å². The van der Waals surface area contributed by atoms with Gasteiger partial charge in [-0.2, -0.15) is 8.42 Å². The van der Waals surface area contributed by atoms with Crippen LogP contribution in [-0.2, 0) is 10.1 Å². The summed E-state index contributed by atoms with van der Waals surface area (Å²) in [7, 11) is -4.19. The first-order valence-electron chi connectivity index (χ1n) is 3.17. The normalized spacial score (nSPS) is 14.2. The fourth-order valence-electron chi connectivity index (χ4n) is 0.776. The van der Waals surface area contributed by atoms with Crippen molar-refractivity contribution >= 4 is 21.7 Å². The number of benzene rings is 1. The van der Waals surface area contributed by atoms with Crippen molar-refractivity contribution in [1.29, 1.82) is 0 Å². The summed E-state index contributed by atoms with van der Waals surface area (Å²) in [6, 6.07) is 8.10. The maximum absolute atomic E-state index is 10.6. The van der Waals surface area contributed by atoms with Gasteiger partial charge in [0.2, 0.25) is 0 Å². The molecule has 0 amide bonds. The first kappa shape index (κ1) is 9.51. The van der Waals surface area contributed by atoms with Gasteiger partial charge < -0.3 is 0 Å². The summed E-state index contributed by atoms with van der Waals surface area (Å²) in [5, 5.41) is 0. The van der Waals surface area contributed by atoms with Crippen molar-refractivity contribution in [1.82, 2.24) is 0 Å². The van der Waals surface area contributed by atoms with Gasteiger partial charge in [-0.25, -0.2) is 0 Å². The predicted molar refractivity (Wildman–Crippen MR) is 46.6 cm³/mol. The maximum atomic E-state index is 10.6. The summed E-state index contributed by atoms with van der Waals surface area (Å²) in [6.45, 7) is 0. The smallest absolute Gasteiger partial charge is 0.284 e. The molecule has 0 radical (unpaired) electrons. The molecular formula is C7H7ClO3S. The maximum Gasteiger partial charge on any atom is 0.286 e. The van der Waals surface area contributed by atoms with Gasteiger partial charge in [0.15, 0.2) is 4.71 Å². The largest absolute Gasteiger partial charge is 0.286 e. The Morgan fingerprint density at radius 2 is 1.75 bits per heavy atom. The molecule has 0 saturated heterocycles. The van der Waals surface area contributed by atoms with E-state index >= 15 is 0 Å². The average Bonchev–Trinajstić information content (AvgIpc) is 2.03. The van der Waals surface area contributed by atoms with Gasteiger partial charge in [-0.15, -0.1) is 0 Å². The SMILES string of the molecule is O=S(=O)(O)C(Cl)c1ccccc1. The van der Waals surface area contributed by atoms with Crippen LogP contribution in [0.2, 0.25) is 0 Å². The van der Waals surface area contributed by atoms with Gasteiger partial charge in [0.25, 0.3) is 10.1 Å². The Morgan fingerprint density at radius 3 is 2.17 bits per heavy atom. The highest BCUT2D eigenvalue weighted by Gasteiger charge is 2.21. The number of hydrogen-bond donors (Lipinski definition) is 1. The van der Waals surface area contributed by atoms with E-state index < -0.39 is 14.8 Å². The van der Waals surface area contributed by atoms with E-state index in [0.29, 0.717) is 5.56 Å². The van der Waals surface area contributed by atoms with Crippen LogP contribution in [0, 0.1) is 0 Å². The third-order valence-electron chi connectivity index (χ3n) is 1.32. The molecule has 12 heavy (non-hydrogen) atoms. The molecule has 1 unspecified atom stereocenters. The lowest BCUT2D eigenvalue weighted by Crippen LogP contribution is -2.05. The highest BCUT2D eigenvalue weighted by molar-refractivity contribution is 7.87. The summed E-state index contributed by atoms with van der Waals surface area (Å²) >= 11 is 5.44. The van der Waals surface area contributed by atoms with Crippen LogP contribution in [0.5, 0.6) is 0 Å². The van der Waals surface area contributed by atoms with Crippen molar-refractivity contribution in [2.45, 2.75) is 4.71 Å². The predicted octanol–water partition coefficient (Wildman–Crippen LogP) is 1.81. The van der Waals surface area contributed by atoms with Gasteiger partial charge in [-0.3, -0.25) is 4.55 Å². The zero-order valence-corrected chi connectivity index (χ0v) is 7.59. The molecule has 1 atom stereocenters. The molecule has 0 aliphatic heterocycles. The van der Waals surface area contributed by atoms with Crippen molar-refractivity contribution in [2.24, 2.45) is 0 Å². The fraction of sp³-hybridized carbons (Fsp3) is 0.143. The molecule has 0 fully saturated rings. The summed E-state index contributed by atoms with van der Waals surface area (Å²) in [5.41, 5.74) is 0.363. The molecule has 1 N–H and O–H groups in total. The Kier molecular flexibility index (Phi) is 2.72. The van der Waals surface area contributed by atoms with Crippen LogP contribution < -0.4 is 0 Å². The molecule has 3 nitrogen and oxygen atoms in total. The molecule has 0 saturated carbocycles. The minimum Gasteiger partial charge on any atom is -0.284 e. The molecule has 1 aromatic rings. The van der Waals surface area contributed by atoms with Gasteiger partial charge in [0.1, 0.15) is 0 Å². The van der Waals surface area contributed by atoms with E-state index in [1.54, 1.807) is 18.2 Å². The van der Waals surface area contributed by atoms with Crippen molar-refractivity contribution < 1.29 is 13.0 Å². The topological polar surface area (TPSA) is 54.4 Å². The summed E-state index contributed by atoms with van der Waals surface area (Å²) in [5.74, 6) is 0. The Labute approximate surface area is 75.7 Å². The lowest BCUT2D eigenvalue weighted by Gasteiger charge is -2.04. The highest BCUT2D eigenvalue weighted by atomic mass is 35.5. The van der Waals surface area contributed by atoms with Crippen LogP contribution in [0.15, 0.2) is 30.3 Å². The summed E-state index contributed by atoms with van der Waals surface area (Å²) in [6.07, 6.45) is 0. The number of halogens is 1. The van der Waals surface area contributed by atoms with Crippen molar-refractivity contribution in [3.05, 3.63) is 35.9 Å². The van der Waals surface area contributed by atoms with Crippen molar-refractivity contribution in [3.8, 4) is 0 Å². The number of hydrogen-bond acceptors (Lipinski definition) is 2. The lowest BCUT2D eigenvalue weighted by molar-refractivity contribution is 0.480. The fourth-order valence-corrected chi connectivity index (χ4v) is 1.42. The first-order chi connectivity index (χ1) is 5.52. The molecule has 66 valence electrons. The Morgan fingerprint density at radius 1 is 1.25 bits per heavy atom. The average molecular weight is 207 g/mol. The molecule has 0 aliphatic rings. The highest BCUT2D eigenvalue weighted by Crippen LogP contribution is 2.24. The summed E-state index contributed by atoms with van der Waals surface area (Å²) < 4.78 is 28.3. The van der Waals surface area contributed by atoms with E-state index in [9.17, 15) is 8.42 Å². The van der Waals surface area contributed by atoms with Gasteiger partial charge >= 0.3 is 0 Å². The van der Waals surface area contributed by atoms with Crippen LogP contribution in [0.3, 0.4) is 0 Å². The van der Waals surface area contributed by atoms with E-state index in [0.717, 1.165) is 0 Å². The summed E-state index contributed by atoms with van der Waals surface area (Å²) in [4.78, 5) is 0. The van der Waals surface area contributed by atoms with E-state index in [4.69, 9.17) is 16.2 Å². The van der Waals surface area contributed by atoms with Crippen LogP contribution in [0.25, 0.3) is 0 Å². The quantitative estimate of drug-likeness (QED) is 0.593. The van der Waals surface area contributed by atoms with E-state index in [-0.39, 0.29) is 0 Å². The Bertz CT molecular complexity index is 346. The molecule has 0 bridgehead atoms. The lowest BCUT2D eigenvalue weighted by atomic mass is 10.2. The Balaban J connectivity index is 3.02. The zero-order chi connectivity index (χ0) is 9.19. The van der Waals surface area contributed by atoms with Crippen LogP contribution >= 0.6 is 11.6 Å². The van der Waals surface area contributed by atoms with Gasteiger partial charge in [0, 0.05) is 0 Å². The standard InChI is InChI=1S/C7H7ClO3S/c8-7(12(9,10)11)6-4-2-1-3-5-6/h1-5,7H,(H,9,10,11). The second-order valence-corrected chi connectivity index (χ2v) is 4.44. The van der Waals surface area contributed by atoms with Gasteiger partial charge in [-0.1, -0.05) is 41.9 Å². The minimum absolute atomic E-state index is 0.363. The van der Waals surface area contributed by atoms with Crippen molar-refractivity contribution in [2.75, 3.05) is 0 Å². The number of alkyl halides is 1. The third-order valence-corrected chi connectivity index (χ3v) is 3.05. The van der Waals surface area contributed by atoms with Gasteiger partial charge in [0.05, 0.1) is 0 Å². The van der Waals surface area contributed by atoms with E-state index in [1.807, 2.05) is 0 Å². The molecular weight excluding hydrogens is 200 g/mol. The molecule has 0 aromatic heterocycles. The van der Waals surface area contributed by atoms with Crippen LogP contribution in [0.1, 0.15) is 10.3 Å². The molecule has 5 heteroatoms. The molecule has 1 aromatic carbocycles. The molecule has 0 spiro atoms. The van der Waals surface area contributed by atoms with Gasteiger partial charge in [-0.05, 0) is 5.56 Å². The van der Waals surface area contributed by atoms with Crippen LogP contribution in [0.4, 0.5) is 0 Å². The third kappa shape index (κ3) is 2.20. The zero-order valence-electron chi connectivity index (χ0n) is 6.01. The van der Waals surface area contributed by atoms with E-state index in [1.165, 1.54) is 12.1 Å². The first-order valence-corrected chi connectivity index (χ1v) is 5.11. The second kappa shape index (κ2) is 3.43. The second-order valence-electron chi connectivity index (χ2n) is 2.24. The number of rotatable bonds is 2. The monoisotopic (exact) mass is 206 g/mol. The van der Waals surface area contributed by atoms with Crippen LogP contribution in [-0.4, -0.2) is 13.0 Å². The molecule has 1 rings (SSSR count). The molecule has 0 heterocycles. The van der Waals surface area contributed by atoms with E-state index in [2.05, 4.69) is 0 Å². The Hall–Kier alpha value is -0.580.